The van der Waals surface area contributed by atoms with Crippen molar-refractivity contribution in [3.05, 3.63) is 34.3 Å². The summed E-state index contributed by atoms with van der Waals surface area (Å²) < 4.78 is 6.35. The van der Waals surface area contributed by atoms with Crippen LogP contribution in [-0.4, -0.2) is 26.3 Å². The molecule has 0 saturated heterocycles. The summed E-state index contributed by atoms with van der Waals surface area (Å²) in [5, 5.41) is 3.59. The maximum absolute atomic E-state index is 5.56. The van der Waals surface area contributed by atoms with Gasteiger partial charge in [0.1, 0.15) is 0 Å². The molecule has 3 nitrogen and oxygen atoms in total. The third kappa shape index (κ3) is 5.48. The highest BCUT2D eigenvalue weighted by Crippen LogP contribution is 2.17. The van der Waals surface area contributed by atoms with E-state index in [-0.39, 0.29) is 0 Å². The largest absolute Gasteiger partial charge is 0.383 e. The Kier molecular flexibility index (Phi) is 7.51. The maximum atomic E-state index is 5.56. The molecule has 1 rings (SSSR count). The van der Waals surface area contributed by atoms with E-state index in [4.69, 9.17) is 10.5 Å². The van der Waals surface area contributed by atoms with E-state index in [1.54, 1.807) is 7.11 Å². The molecule has 4 heteroatoms. The van der Waals surface area contributed by atoms with Crippen molar-refractivity contribution in [2.24, 2.45) is 5.73 Å². The molecule has 0 bridgehead atoms. The van der Waals surface area contributed by atoms with Crippen LogP contribution in [0.3, 0.4) is 0 Å². The van der Waals surface area contributed by atoms with E-state index < -0.39 is 0 Å². The maximum Gasteiger partial charge on any atom is 0.0616 e. The van der Waals surface area contributed by atoms with Crippen molar-refractivity contribution in [1.29, 1.82) is 0 Å². The van der Waals surface area contributed by atoms with Crippen LogP contribution in [0.4, 0.5) is 0 Å². The number of benzene rings is 1. The Bertz CT molecular complexity index is 329. The van der Waals surface area contributed by atoms with Crippen LogP contribution in [0.5, 0.6) is 0 Å². The molecule has 0 fully saturated rings. The third-order valence-corrected chi connectivity index (χ3v) is 3.51. The van der Waals surface area contributed by atoms with Gasteiger partial charge in [-0.25, -0.2) is 0 Å². The van der Waals surface area contributed by atoms with Crippen LogP contribution in [0, 0.1) is 0 Å². The molecule has 2 atom stereocenters. The third-order valence-electron chi connectivity index (χ3n) is 2.98. The average molecular weight is 315 g/mol. The van der Waals surface area contributed by atoms with Crippen molar-refractivity contribution in [2.75, 3.05) is 20.3 Å². The van der Waals surface area contributed by atoms with E-state index in [0.29, 0.717) is 12.1 Å². The zero-order valence-electron chi connectivity index (χ0n) is 11.2. The van der Waals surface area contributed by atoms with Gasteiger partial charge < -0.3 is 15.8 Å². The minimum atomic E-state index is 0.316. The van der Waals surface area contributed by atoms with Crippen LogP contribution < -0.4 is 11.1 Å². The first-order valence-electron chi connectivity index (χ1n) is 6.38. The molecule has 0 aliphatic carbocycles. The summed E-state index contributed by atoms with van der Waals surface area (Å²) in [7, 11) is 1.74. The van der Waals surface area contributed by atoms with Crippen molar-refractivity contribution in [2.45, 2.75) is 31.8 Å². The summed E-state index contributed by atoms with van der Waals surface area (Å²) in [5.41, 5.74) is 6.84. The first-order chi connectivity index (χ1) is 8.67. The minimum Gasteiger partial charge on any atom is -0.383 e. The van der Waals surface area contributed by atoms with Gasteiger partial charge in [-0.1, -0.05) is 28.1 Å². The lowest BCUT2D eigenvalue weighted by Gasteiger charge is -2.23. The first kappa shape index (κ1) is 15.6. The van der Waals surface area contributed by atoms with Gasteiger partial charge in [0.2, 0.25) is 0 Å². The van der Waals surface area contributed by atoms with Crippen molar-refractivity contribution in [3.63, 3.8) is 0 Å². The van der Waals surface area contributed by atoms with Crippen molar-refractivity contribution in [1.82, 2.24) is 5.32 Å². The summed E-state index contributed by atoms with van der Waals surface area (Å²) in [6.07, 6.45) is 2.07. The highest BCUT2D eigenvalue weighted by Gasteiger charge is 2.12. The summed E-state index contributed by atoms with van der Waals surface area (Å²) in [4.78, 5) is 0. The Morgan fingerprint density at radius 2 is 2.00 bits per heavy atom. The molecule has 102 valence electrons. The number of rotatable bonds is 8. The van der Waals surface area contributed by atoms with Gasteiger partial charge in [0.05, 0.1) is 6.61 Å². The molecule has 0 aliphatic heterocycles. The average Bonchev–Trinajstić information content (AvgIpc) is 2.37. The smallest absolute Gasteiger partial charge is 0.0616 e. The summed E-state index contributed by atoms with van der Waals surface area (Å²) >= 11 is 3.45. The fourth-order valence-corrected chi connectivity index (χ4v) is 2.25. The highest BCUT2D eigenvalue weighted by molar-refractivity contribution is 9.10. The quantitative estimate of drug-likeness (QED) is 0.775. The zero-order chi connectivity index (χ0) is 13.4. The van der Waals surface area contributed by atoms with Gasteiger partial charge in [-0.05, 0) is 44.0 Å². The summed E-state index contributed by atoms with van der Waals surface area (Å²) in [6, 6.07) is 9.08. The normalized spacial score (nSPS) is 14.4. The van der Waals surface area contributed by atoms with Crippen LogP contribution in [0.15, 0.2) is 28.7 Å². The second kappa shape index (κ2) is 8.64. The van der Waals surface area contributed by atoms with Crippen molar-refractivity contribution < 1.29 is 4.74 Å². The monoisotopic (exact) mass is 314 g/mol. The molecule has 0 aromatic heterocycles. The van der Waals surface area contributed by atoms with E-state index >= 15 is 0 Å². The van der Waals surface area contributed by atoms with Gasteiger partial charge in [-0.15, -0.1) is 0 Å². The fourth-order valence-electron chi connectivity index (χ4n) is 1.98. The second-order valence-corrected chi connectivity index (χ2v) is 5.44. The molecule has 0 saturated carbocycles. The van der Waals surface area contributed by atoms with Gasteiger partial charge >= 0.3 is 0 Å². The van der Waals surface area contributed by atoms with Crippen LogP contribution in [0.2, 0.25) is 0 Å². The van der Waals surface area contributed by atoms with Crippen LogP contribution >= 0.6 is 15.9 Å². The highest BCUT2D eigenvalue weighted by atomic mass is 79.9. The molecule has 18 heavy (non-hydrogen) atoms. The fraction of sp³-hybridized carbons (Fsp3) is 0.571. The lowest BCUT2D eigenvalue weighted by Crippen LogP contribution is -2.35. The van der Waals surface area contributed by atoms with Gasteiger partial charge in [0, 0.05) is 23.7 Å². The summed E-state index contributed by atoms with van der Waals surface area (Å²) in [5.74, 6) is 0. The molecular formula is C14H23BrN2O. The molecule has 2 unspecified atom stereocenters. The molecule has 0 radical (unpaired) electrons. The van der Waals surface area contributed by atoms with Crippen LogP contribution in [-0.2, 0) is 4.74 Å². The number of halogens is 1. The number of nitrogens with one attached hydrogen (secondary N) is 1. The predicted octanol–water partition coefficient (Wildman–Crippen LogP) is 2.85. The second-order valence-electron chi connectivity index (χ2n) is 4.52. The zero-order valence-corrected chi connectivity index (χ0v) is 12.7. The minimum absolute atomic E-state index is 0.316. The molecule has 1 aromatic carbocycles. The van der Waals surface area contributed by atoms with Gasteiger partial charge in [-0.3, -0.25) is 0 Å². The number of nitrogens with two attached hydrogens (primary N) is 1. The van der Waals surface area contributed by atoms with E-state index in [2.05, 4.69) is 52.4 Å². The molecule has 0 aliphatic rings. The number of ether oxygens (including phenoxy) is 1. The molecule has 3 N–H and O–H groups in total. The Morgan fingerprint density at radius 1 is 1.33 bits per heavy atom. The molecule has 1 aromatic rings. The van der Waals surface area contributed by atoms with Gasteiger partial charge in [-0.2, -0.15) is 0 Å². The standard InChI is InChI=1S/C14H23BrN2O/c1-11(12-5-7-13(15)8-6-12)17-14(10-18-2)4-3-9-16/h5-8,11,14,17H,3-4,9-10,16H2,1-2H3. The Morgan fingerprint density at radius 3 is 2.56 bits per heavy atom. The Labute approximate surface area is 118 Å². The van der Waals surface area contributed by atoms with Crippen molar-refractivity contribution in [3.8, 4) is 0 Å². The van der Waals surface area contributed by atoms with E-state index in [1.165, 1.54) is 5.56 Å². The molecular weight excluding hydrogens is 292 g/mol. The van der Waals surface area contributed by atoms with Gasteiger partial charge in [0.15, 0.2) is 0 Å². The van der Waals surface area contributed by atoms with Crippen LogP contribution in [0.25, 0.3) is 0 Å². The van der Waals surface area contributed by atoms with Crippen LogP contribution in [0.1, 0.15) is 31.4 Å². The molecule has 0 spiro atoms. The Hall–Kier alpha value is -0.420. The lowest BCUT2D eigenvalue weighted by atomic mass is 10.1. The van der Waals surface area contributed by atoms with E-state index in [0.717, 1.165) is 30.5 Å². The van der Waals surface area contributed by atoms with E-state index in [9.17, 15) is 0 Å². The Balaban J connectivity index is 2.53. The van der Waals surface area contributed by atoms with Crippen molar-refractivity contribution >= 4 is 15.9 Å². The topological polar surface area (TPSA) is 47.3 Å². The number of methoxy groups -OCH3 is 1. The predicted molar refractivity (Wildman–Crippen MR) is 79.6 cm³/mol. The van der Waals surface area contributed by atoms with Gasteiger partial charge in [0.25, 0.3) is 0 Å². The first-order valence-corrected chi connectivity index (χ1v) is 7.17. The molecule has 0 amide bonds. The molecule has 0 heterocycles. The lowest BCUT2D eigenvalue weighted by molar-refractivity contribution is 0.156. The summed E-state index contributed by atoms with van der Waals surface area (Å²) in [6.45, 7) is 3.63. The van der Waals surface area contributed by atoms with E-state index in [1.807, 2.05) is 0 Å². The number of hydrogen-bond acceptors (Lipinski definition) is 3. The SMILES string of the molecule is COCC(CCCN)NC(C)c1ccc(Br)cc1. The number of hydrogen-bond donors (Lipinski definition) is 2.